The number of rotatable bonds is 8. The fraction of sp³-hybridized carbons (Fsp3) is 0.643. The molecule has 29 heavy (non-hydrogen) atoms. The minimum absolute atomic E-state index is 0.143. The van der Waals surface area contributed by atoms with Crippen LogP contribution in [0.25, 0.3) is 10.4 Å². The summed E-state index contributed by atoms with van der Waals surface area (Å²) in [6.07, 6.45) is -0.150. The maximum atomic E-state index is 12.1. The van der Waals surface area contributed by atoms with Crippen LogP contribution in [0.1, 0.15) is 25.1 Å². The predicted molar refractivity (Wildman–Crippen MR) is 105 cm³/mol. The molecule has 1 aliphatic rings. The highest BCUT2D eigenvalue weighted by Crippen LogP contribution is 2.40. The molecule has 2 heterocycles. The maximum Gasteiger partial charge on any atom is 0.330 e. The minimum Gasteiger partial charge on any atom is -0.468 e. The van der Waals surface area contributed by atoms with E-state index < -0.39 is 48.3 Å². The minimum atomic E-state index is -3.58. The van der Waals surface area contributed by atoms with E-state index in [1.165, 1.54) is 31.7 Å². The molecule has 0 radical (unpaired) electrons. The van der Waals surface area contributed by atoms with Gasteiger partial charge in [-0.15, -0.1) is 0 Å². The average molecular weight is 448 g/mol. The number of carbonyl (C=O) groups excluding carboxylic acids is 1. The van der Waals surface area contributed by atoms with Gasteiger partial charge in [-0.25, -0.2) is 9.88 Å². The van der Waals surface area contributed by atoms with E-state index in [-0.39, 0.29) is 13.0 Å². The molecule has 1 saturated heterocycles. The summed E-state index contributed by atoms with van der Waals surface area (Å²) in [6.45, 7) is -0.856. The van der Waals surface area contributed by atoms with Crippen LogP contribution in [0.15, 0.2) is 20.9 Å². The summed E-state index contributed by atoms with van der Waals surface area (Å²) in [5, 5.41) is 6.12. The third-order valence-electron chi connectivity index (χ3n) is 4.19. The Bertz CT molecular complexity index is 974. The molecule has 15 heteroatoms. The van der Waals surface area contributed by atoms with Gasteiger partial charge in [0, 0.05) is 23.1 Å². The van der Waals surface area contributed by atoms with E-state index >= 15 is 0 Å². The maximum absolute atomic E-state index is 12.1. The Hall–Kier alpha value is -2.05. The third-order valence-corrected chi connectivity index (χ3v) is 6.03. The lowest BCUT2D eigenvalue weighted by molar-refractivity contribution is -0.142. The summed E-state index contributed by atoms with van der Waals surface area (Å²) in [5.41, 5.74) is 7.91. The molecule has 5 atom stereocenters. The molecular formula is C14H21N6O7PS. The number of aryl methyl sites for hydroxylation is 1. The standard InChI is InChI=1S/C14H21N6O7PS/c1-7-5-20(14(23)16-12(7)21)11-4-9(17-19-15)10(27-11)6-26-28(24,29)18-8(2)13(22)25-3/h5,8-11H,4,6H2,1-3H3,(H,16,21,23)(H2,18,24,29)/t8-,9-,10+,11+,28?/m0/s1. The van der Waals surface area contributed by atoms with Crippen molar-refractivity contribution >= 4 is 24.4 Å². The lowest BCUT2D eigenvalue weighted by atomic mass is 10.1. The zero-order valence-electron chi connectivity index (χ0n) is 15.8. The van der Waals surface area contributed by atoms with E-state index in [0.29, 0.717) is 5.56 Å². The van der Waals surface area contributed by atoms with Gasteiger partial charge in [-0.05, 0) is 31.2 Å². The topological polar surface area (TPSA) is 181 Å². The van der Waals surface area contributed by atoms with Gasteiger partial charge in [0.25, 0.3) is 12.2 Å². The summed E-state index contributed by atoms with van der Waals surface area (Å²) < 4.78 is 16.8. The lowest BCUT2D eigenvalue weighted by Gasteiger charge is -2.23. The lowest BCUT2D eigenvalue weighted by Crippen LogP contribution is -2.34. The molecule has 0 saturated carbocycles. The zero-order valence-corrected chi connectivity index (χ0v) is 17.6. The van der Waals surface area contributed by atoms with Crippen LogP contribution in [0.4, 0.5) is 0 Å². The fourth-order valence-corrected chi connectivity index (χ4v) is 4.38. The van der Waals surface area contributed by atoms with E-state index in [1.54, 1.807) is 0 Å². The third kappa shape index (κ3) is 5.97. The second kappa shape index (κ2) is 9.63. The van der Waals surface area contributed by atoms with Gasteiger partial charge in [-0.3, -0.25) is 19.1 Å². The Morgan fingerprint density at radius 1 is 1.66 bits per heavy atom. The number of H-pyrrole nitrogens is 1. The van der Waals surface area contributed by atoms with Gasteiger partial charge < -0.3 is 18.9 Å². The number of hydrogen-bond acceptors (Lipinski definition) is 8. The summed E-state index contributed by atoms with van der Waals surface area (Å²) in [5.74, 6) is -0.631. The van der Waals surface area contributed by atoms with Gasteiger partial charge in [0.1, 0.15) is 12.3 Å². The normalized spacial score (nSPS) is 24.3. The number of carbonyl (C=O) groups is 1. The van der Waals surface area contributed by atoms with Crippen molar-refractivity contribution in [3.63, 3.8) is 0 Å². The molecule has 0 spiro atoms. The summed E-state index contributed by atoms with van der Waals surface area (Å²) in [6, 6.07) is -1.61. The first kappa shape index (κ1) is 23.2. The number of hydrogen-bond donors (Lipinski definition) is 3. The molecule has 3 N–H and O–H groups in total. The van der Waals surface area contributed by atoms with Gasteiger partial charge in [0.15, 0.2) is 0 Å². The summed E-state index contributed by atoms with van der Waals surface area (Å²) >= 11 is 4.97. The van der Waals surface area contributed by atoms with E-state index in [1.807, 2.05) is 0 Å². The predicted octanol–water partition coefficient (Wildman–Crippen LogP) is 0.196. The van der Waals surface area contributed by atoms with Crippen LogP contribution in [-0.2, 0) is 30.6 Å². The average Bonchev–Trinajstić information content (AvgIpc) is 3.05. The van der Waals surface area contributed by atoms with E-state index in [2.05, 4.69) is 24.8 Å². The monoisotopic (exact) mass is 448 g/mol. The Morgan fingerprint density at radius 2 is 2.34 bits per heavy atom. The molecule has 1 aliphatic heterocycles. The number of nitrogens with one attached hydrogen (secondary N) is 2. The first-order valence-corrected chi connectivity index (χ1v) is 11.1. The van der Waals surface area contributed by atoms with Crippen molar-refractivity contribution < 1.29 is 23.7 Å². The molecule has 13 nitrogen and oxygen atoms in total. The largest absolute Gasteiger partial charge is 0.468 e. The molecule has 0 bridgehead atoms. The highest BCUT2D eigenvalue weighted by Gasteiger charge is 2.37. The molecule has 0 aliphatic carbocycles. The van der Waals surface area contributed by atoms with Crippen LogP contribution < -0.4 is 16.3 Å². The molecule has 1 aromatic rings. The second-order valence-electron chi connectivity index (χ2n) is 6.31. The van der Waals surface area contributed by atoms with E-state index in [4.69, 9.17) is 26.6 Å². The Kier molecular flexibility index (Phi) is 7.72. The van der Waals surface area contributed by atoms with Crippen molar-refractivity contribution in [1.82, 2.24) is 14.6 Å². The molecule has 1 unspecified atom stereocenters. The molecule has 1 aromatic heterocycles. The summed E-state index contributed by atoms with van der Waals surface area (Å²) in [4.78, 5) is 50.2. The van der Waals surface area contributed by atoms with E-state index in [0.717, 1.165) is 0 Å². The van der Waals surface area contributed by atoms with Gasteiger partial charge in [-0.1, -0.05) is 5.11 Å². The summed E-state index contributed by atoms with van der Waals surface area (Å²) in [7, 11) is 1.19. The number of aromatic nitrogens is 2. The van der Waals surface area contributed by atoms with Crippen molar-refractivity contribution in [2.45, 2.75) is 44.7 Å². The number of methoxy groups -OCH3 is 1. The van der Waals surface area contributed by atoms with Gasteiger partial charge >= 0.3 is 11.7 Å². The quantitative estimate of drug-likeness (QED) is 0.164. The van der Waals surface area contributed by atoms with Crippen LogP contribution in [0.3, 0.4) is 0 Å². The Morgan fingerprint density at radius 3 is 2.97 bits per heavy atom. The van der Waals surface area contributed by atoms with Crippen LogP contribution in [0, 0.1) is 6.92 Å². The van der Waals surface area contributed by atoms with Gasteiger partial charge in [-0.2, -0.15) is 0 Å². The number of nitrogens with zero attached hydrogens (tertiary/aromatic N) is 4. The highest BCUT2D eigenvalue weighted by atomic mass is 32.5. The molecule has 0 aromatic carbocycles. The number of azide groups is 1. The number of esters is 1. The highest BCUT2D eigenvalue weighted by molar-refractivity contribution is 8.08. The fourth-order valence-electron chi connectivity index (χ4n) is 2.71. The Labute approximate surface area is 169 Å². The van der Waals surface area contributed by atoms with Crippen LogP contribution in [0.2, 0.25) is 0 Å². The molecule has 2 rings (SSSR count). The zero-order chi connectivity index (χ0) is 21.8. The first-order valence-electron chi connectivity index (χ1n) is 8.42. The van der Waals surface area contributed by atoms with Crippen LogP contribution >= 0.6 is 6.64 Å². The number of ether oxygens (including phenoxy) is 2. The smallest absolute Gasteiger partial charge is 0.330 e. The SMILES string of the molecule is COC(=O)[C@H](C)NP(O)(=S)OC[C@H]1O[C@@H](n2cc(C)c(=O)[nH]c2=O)C[C@@H]1N=[N+]=[N-]. The van der Waals surface area contributed by atoms with Crippen molar-refractivity contribution in [3.8, 4) is 0 Å². The van der Waals surface area contributed by atoms with Crippen molar-refractivity contribution in [2.75, 3.05) is 13.7 Å². The van der Waals surface area contributed by atoms with Gasteiger partial charge in [0.05, 0.1) is 25.9 Å². The van der Waals surface area contributed by atoms with Crippen molar-refractivity contribution in [3.05, 3.63) is 43.0 Å². The van der Waals surface area contributed by atoms with Crippen molar-refractivity contribution in [2.24, 2.45) is 5.11 Å². The molecular weight excluding hydrogens is 427 g/mol. The molecule has 160 valence electrons. The Balaban J connectivity index is 2.12. The second-order valence-corrected chi connectivity index (χ2v) is 9.35. The van der Waals surface area contributed by atoms with Crippen molar-refractivity contribution in [1.29, 1.82) is 0 Å². The van der Waals surface area contributed by atoms with Gasteiger partial charge in [0.2, 0.25) is 0 Å². The van der Waals surface area contributed by atoms with Crippen LogP contribution in [0.5, 0.6) is 0 Å². The number of aromatic amines is 1. The first-order chi connectivity index (χ1) is 13.6. The molecule has 1 fully saturated rings. The van der Waals surface area contributed by atoms with E-state index in [9.17, 15) is 19.3 Å². The molecule has 0 amide bonds. The van der Waals surface area contributed by atoms with Crippen LogP contribution in [-0.4, -0.2) is 52.3 Å².